The van der Waals surface area contributed by atoms with Crippen molar-refractivity contribution in [3.05, 3.63) is 46.0 Å². The maximum absolute atomic E-state index is 12.0. The van der Waals surface area contributed by atoms with Crippen molar-refractivity contribution in [3.8, 4) is 0 Å². The molecular formula is C11H14N2O3. The zero-order valence-electron chi connectivity index (χ0n) is 9.29. The molecule has 5 nitrogen and oxygen atoms in total. The van der Waals surface area contributed by atoms with Crippen LogP contribution in [0.1, 0.15) is 10.4 Å². The van der Waals surface area contributed by atoms with Crippen LogP contribution >= 0.6 is 0 Å². The zero-order valence-corrected chi connectivity index (χ0v) is 9.29. The number of hydrogen-bond acceptors (Lipinski definition) is 4. The van der Waals surface area contributed by atoms with Crippen molar-refractivity contribution in [2.45, 2.75) is 6.04 Å². The van der Waals surface area contributed by atoms with Crippen molar-refractivity contribution < 1.29 is 9.72 Å². The second kappa shape index (κ2) is 5.37. The number of carbonyl (C=O) groups is 1. The molecule has 86 valence electrons. The Morgan fingerprint density at radius 3 is 2.38 bits per heavy atom. The molecule has 1 rings (SSSR count). The second-order valence-corrected chi connectivity index (χ2v) is 3.72. The molecule has 0 spiro atoms. The molecule has 1 atom stereocenters. The number of nitro groups is 1. The number of ketones is 1. The van der Waals surface area contributed by atoms with Gasteiger partial charge in [-0.1, -0.05) is 30.3 Å². The molecule has 0 aromatic heterocycles. The summed E-state index contributed by atoms with van der Waals surface area (Å²) in [6, 6.07) is 7.91. The van der Waals surface area contributed by atoms with E-state index in [9.17, 15) is 14.9 Å². The highest BCUT2D eigenvalue weighted by Gasteiger charge is 2.26. The lowest BCUT2D eigenvalue weighted by atomic mass is 10.0. The predicted molar refractivity (Wildman–Crippen MR) is 60.1 cm³/mol. The molecule has 0 heterocycles. The van der Waals surface area contributed by atoms with E-state index in [1.165, 1.54) is 0 Å². The van der Waals surface area contributed by atoms with Crippen molar-refractivity contribution in [2.24, 2.45) is 0 Å². The Labute approximate surface area is 93.8 Å². The van der Waals surface area contributed by atoms with Gasteiger partial charge in [0.25, 0.3) is 0 Å². The molecule has 5 heteroatoms. The van der Waals surface area contributed by atoms with E-state index in [0.29, 0.717) is 5.56 Å². The van der Waals surface area contributed by atoms with Crippen LogP contribution in [-0.4, -0.2) is 42.3 Å². The van der Waals surface area contributed by atoms with E-state index in [1.54, 1.807) is 49.3 Å². The second-order valence-electron chi connectivity index (χ2n) is 3.72. The smallest absolute Gasteiger partial charge is 0.226 e. The molecule has 0 N–H and O–H groups in total. The largest absolute Gasteiger partial charge is 0.294 e. The summed E-state index contributed by atoms with van der Waals surface area (Å²) < 4.78 is 0. The molecule has 0 saturated heterocycles. The number of Topliss-reactive ketones (excluding diaryl/α,β-unsaturated/α-hetero) is 1. The third-order valence-corrected chi connectivity index (χ3v) is 2.31. The van der Waals surface area contributed by atoms with E-state index >= 15 is 0 Å². The third kappa shape index (κ3) is 3.13. The fourth-order valence-electron chi connectivity index (χ4n) is 1.42. The number of carbonyl (C=O) groups excluding carboxylic acids is 1. The molecule has 0 fully saturated rings. The Morgan fingerprint density at radius 1 is 1.38 bits per heavy atom. The molecule has 0 saturated carbocycles. The lowest BCUT2D eigenvalue weighted by molar-refractivity contribution is -0.483. The molecule has 0 aliphatic rings. The van der Waals surface area contributed by atoms with Gasteiger partial charge in [-0.3, -0.25) is 19.8 Å². The molecular weight excluding hydrogens is 208 g/mol. The average molecular weight is 222 g/mol. The van der Waals surface area contributed by atoms with Crippen molar-refractivity contribution >= 4 is 5.78 Å². The van der Waals surface area contributed by atoms with Crippen LogP contribution in [0.5, 0.6) is 0 Å². The van der Waals surface area contributed by atoms with E-state index in [0.717, 1.165) is 0 Å². The maximum Gasteiger partial charge on any atom is 0.226 e. The molecule has 0 radical (unpaired) electrons. The summed E-state index contributed by atoms with van der Waals surface area (Å²) in [4.78, 5) is 23.6. The molecule has 1 aromatic carbocycles. The normalized spacial score (nSPS) is 12.4. The van der Waals surface area contributed by atoms with Gasteiger partial charge in [-0.05, 0) is 14.1 Å². The van der Waals surface area contributed by atoms with Crippen molar-refractivity contribution in [2.75, 3.05) is 20.6 Å². The molecule has 1 unspecified atom stereocenters. The summed E-state index contributed by atoms with van der Waals surface area (Å²) in [5, 5.41) is 10.5. The SMILES string of the molecule is CN(C)C(C[N+](=O)[O-])C(=O)c1ccccc1. The quantitative estimate of drug-likeness (QED) is 0.425. The van der Waals surface area contributed by atoms with Crippen molar-refractivity contribution in [1.29, 1.82) is 0 Å². The summed E-state index contributed by atoms with van der Waals surface area (Å²) in [7, 11) is 3.32. The standard InChI is InChI=1S/C11H14N2O3/c1-12(2)10(8-13(15)16)11(14)9-6-4-3-5-7-9/h3-7,10H,8H2,1-2H3. The van der Waals surface area contributed by atoms with Gasteiger partial charge in [-0.25, -0.2) is 0 Å². The van der Waals surface area contributed by atoms with Gasteiger partial charge in [0, 0.05) is 10.5 Å². The first-order valence-corrected chi connectivity index (χ1v) is 4.90. The van der Waals surface area contributed by atoms with Crippen LogP contribution in [0.3, 0.4) is 0 Å². The number of benzene rings is 1. The maximum atomic E-state index is 12.0. The first kappa shape index (κ1) is 12.3. The van der Waals surface area contributed by atoms with Gasteiger partial charge in [0.15, 0.2) is 5.78 Å². The van der Waals surface area contributed by atoms with E-state index < -0.39 is 11.0 Å². The van der Waals surface area contributed by atoms with Gasteiger partial charge in [0.2, 0.25) is 6.54 Å². The fraction of sp³-hybridized carbons (Fsp3) is 0.364. The molecule has 16 heavy (non-hydrogen) atoms. The molecule has 0 amide bonds. The van der Waals surface area contributed by atoms with Crippen LogP contribution in [-0.2, 0) is 0 Å². The van der Waals surface area contributed by atoms with E-state index in [-0.39, 0.29) is 12.3 Å². The minimum atomic E-state index is -0.711. The minimum Gasteiger partial charge on any atom is -0.294 e. The molecule has 0 aliphatic carbocycles. The minimum absolute atomic E-state index is 0.220. The summed E-state index contributed by atoms with van der Waals surface area (Å²) in [6.07, 6.45) is 0. The number of likely N-dealkylation sites (N-methyl/N-ethyl adjacent to an activating group) is 1. The summed E-state index contributed by atoms with van der Waals surface area (Å²) >= 11 is 0. The monoisotopic (exact) mass is 222 g/mol. The Hall–Kier alpha value is -1.75. The van der Waals surface area contributed by atoms with E-state index in [2.05, 4.69) is 0 Å². The van der Waals surface area contributed by atoms with Gasteiger partial charge in [0.05, 0.1) is 0 Å². The first-order valence-electron chi connectivity index (χ1n) is 4.90. The lowest BCUT2D eigenvalue weighted by Crippen LogP contribution is -2.41. The van der Waals surface area contributed by atoms with Gasteiger partial charge >= 0.3 is 0 Å². The predicted octanol–water partition coefficient (Wildman–Crippen LogP) is 1.08. The van der Waals surface area contributed by atoms with Crippen LogP contribution in [0.15, 0.2) is 30.3 Å². The number of hydrogen-bond donors (Lipinski definition) is 0. The number of nitrogens with zero attached hydrogens (tertiary/aromatic N) is 2. The Morgan fingerprint density at radius 2 is 1.94 bits per heavy atom. The van der Waals surface area contributed by atoms with Crippen LogP contribution in [0.4, 0.5) is 0 Å². The highest BCUT2D eigenvalue weighted by atomic mass is 16.6. The molecule has 1 aromatic rings. The van der Waals surface area contributed by atoms with Crippen molar-refractivity contribution in [1.82, 2.24) is 4.90 Å². The zero-order chi connectivity index (χ0) is 12.1. The summed E-state index contributed by atoms with van der Waals surface area (Å²) in [5.74, 6) is -0.220. The van der Waals surface area contributed by atoms with Gasteiger partial charge in [0.1, 0.15) is 6.04 Å². The van der Waals surface area contributed by atoms with E-state index in [4.69, 9.17) is 0 Å². The number of rotatable bonds is 5. The van der Waals surface area contributed by atoms with Crippen LogP contribution < -0.4 is 0 Å². The van der Waals surface area contributed by atoms with Crippen molar-refractivity contribution in [3.63, 3.8) is 0 Å². The average Bonchev–Trinajstić information content (AvgIpc) is 2.25. The Balaban J connectivity index is 2.88. The fourth-order valence-corrected chi connectivity index (χ4v) is 1.42. The first-order chi connectivity index (χ1) is 7.52. The highest BCUT2D eigenvalue weighted by Crippen LogP contribution is 2.07. The van der Waals surface area contributed by atoms with E-state index in [1.807, 2.05) is 0 Å². The lowest BCUT2D eigenvalue weighted by Gasteiger charge is -2.19. The van der Waals surface area contributed by atoms with Gasteiger partial charge in [-0.2, -0.15) is 0 Å². The van der Waals surface area contributed by atoms with Crippen LogP contribution in [0.25, 0.3) is 0 Å². The van der Waals surface area contributed by atoms with Gasteiger partial charge in [-0.15, -0.1) is 0 Å². The Kier molecular flexibility index (Phi) is 4.13. The summed E-state index contributed by atoms with van der Waals surface area (Å²) in [6.45, 7) is -0.374. The Bertz CT molecular complexity index is 376. The van der Waals surface area contributed by atoms with Crippen LogP contribution in [0.2, 0.25) is 0 Å². The molecule has 0 bridgehead atoms. The molecule has 0 aliphatic heterocycles. The summed E-state index contributed by atoms with van der Waals surface area (Å²) in [5.41, 5.74) is 0.503. The van der Waals surface area contributed by atoms with Crippen LogP contribution in [0, 0.1) is 10.1 Å². The third-order valence-electron chi connectivity index (χ3n) is 2.31. The van der Waals surface area contributed by atoms with Gasteiger partial charge < -0.3 is 0 Å². The topological polar surface area (TPSA) is 63.4 Å². The highest BCUT2D eigenvalue weighted by molar-refractivity contribution is 6.00.